The maximum atomic E-state index is 3.30. The van der Waals surface area contributed by atoms with Crippen LogP contribution in [0.4, 0.5) is 11.4 Å². The summed E-state index contributed by atoms with van der Waals surface area (Å²) in [7, 11) is 2.07. The zero-order valence-electron chi connectivity index (χ0n) is 13.5. The first-order valence-electron chi connectivity index (χ1n) is 8.04. The minimum Gasteiger partial charge on any atom is -0.337 e. The predicted molar refractivity (Wildman–Crippen MR) is 102 cm³/mol. The lowest BCUT2D eigenvalue weighted by Crippen LogP contribution is -2.09. The highest BCUT2D eigenvalue weighted by Crippen LogP contribution is 2.30. The summed E-state index contributed by atoms with van der Waals surface area (Å²) in [6, 6.07) is 35.9. The van der Waals surface area contributed by atoms with Crippen LogP contribution in [0.15, 0.2) is 84.9 Å². The Hall–Kier alpha value is -3.24. The van der Waals surface area contributed by atoms with Crippen molar-refractivity contribution in [2.24, 2.45) is 0 Å². The fourth-order valence-electron chi connectivity index (χ4n) is 2.99. The Morgan fingerprint density at radius 1 is 0.667 bits per heavy atom. The Balaban J connectivity index is 1.70. The SMILES string of the molecule is CN(c1c#cc(-c2ccccc2)cc1)c1cccc2ccccc12. The fraction of sp³-hybridized carbons (Fsp3) is 0.0435. The topological polar surface area (TPSA) is 3.24 Å². The van der Waals surface area contributed by atoms with Gasteiger partial charge < -0.3 is 4.90 Å². The Bertz CT molecular complexity index is 951. The van der Waals surface area contributed by atoms with Crippen LogP contribution in [0.25, 0.3) is 21.9 Å². The van der Waals surface area contributed by atoms with Crippen molar-refractivity contribution in [3.8, 4) is 11.1 Å². The van der Waals surface area contributed by atoms with E-state index >= 15 is 0 Å². The van der Waals surface area contributed by atoms with E-state index in [1.807, 2.05) is 18.2 Å². The normalized spacial score (nSPS) is 10.4. The summed E-state index contributed by atoms with van der Waals surface area (Å²) in [4.78, 5) is 2.16. The van der Waals surface area contributed by atoms with Crippen LogP contribution in [0.5, 0.6) is 0 Å². The van der Waals surface area contributed by atoms with Crippen molar-refractivity contribution >= 4 is 22.1 Å². The summed E-state index contributed by atoms with van der Waals surface area (Å²) in [6.45, 7) is 0. The Kier molecular flexibility index (Phi) is 3.65. The number of benzene rings is 3. The number of hydrogen-bond acceptors (Lipinski definition) is 1. The van der Waals surface area contributed by atoms with Crippen molar-refractivity contribution in [1.29, 1.82) is 0 Å². The summed E-state index contributed by atoms with van der Waals surface area (Å²) in [5, 5.41) is 2.48. The molecule has 114 valence electrons. The molecule has 0 unspecified atom stereocenters. The standard InChI is InChI=1S/C23H17N/c1-24(23-13-7-11-20-10-5-6-12-22(20)23)21-16-14-19(15-17-21)18-8-3-2-4-9-18/h2-14,16H,1H3. The van der Waals surface area contributed by atoms with E-state index in [-0.39, 0.29) is 0 Å². The van der Waals surface area contributed by atoms with Gasteiger partial charge in [-0.05, 0) is 35.2 Å². The molecule has 0 atom stereocenters. The Morgan fingerprint density at radius 3 is 2.21 bits per heavy atom. The third-order valence-electron chi connectivity index (χ3n) is 4.31. The van der Waals surface area contributed by atoms with E-state index in [0.29, 0.717) is 0 Å². The molecule has 24 heavy (non-hydrogen) atoms. The second-order valence-corrected chi connectivity index (χ2v) is 5.81. The zero-order valence-corrected chi connectivity index (χ0v) is 13.5. The number of nitrogens with zero attached hydrogens (tertiary/aromatic N) is 1. The molecule has 4 aromatic carbocycles. The minimum atomic E-state index is 1.01. The molecule has 0 amide bonds. The van der Waals surface area contributed by atoms with Gasteiger partial charge in [-0.25, -0.2) is 0 Å². The van der Waals surface area contributed by atoms with E-state index in [1.165, 1.54) is 16.5 Å². The van der Waals surface area contributed by atoms with Gasteiger partial charge in [0.15, 0.2) is 0 Å². The fourth-order valence-corrected chi connectivity index (χ4v) is 2.99. The van der Waals surface area contributed by atoms with Crippen molar-refractivity contribution in [1.82, 2.24) is 0 Å². The molecule has 0 aliphatic rings. The first-order chi connectivity index (χ1) is 11.8. The number of anilines is 2. The molecule has 0 radical (unpaired) electrons. The van der Waals surface area contributed by atoms with Crippen LogP contribution in [0.3, 0.4) is 0 Å². The van der Waals surface area contributed by atoms with Gasteiger partial charge in [-0.1, -0.05) is 72.8 Å². The number of rotatable bonds is 3. The van der Waals surface area contributed by atoms with Gasteiger partial charge in [-0.2, -0.15) is 0 Å². The molecule has 0 spiro atoms. The molecule has 0 saturated heterocycles. The predicted octanol–water partition coefficient (Wildman–Crippen LogP) is 5.88. The van der Waals surface area contributed by atoms with Crippen molar-refractivity contribution in [3.05, 3.63) is 97.1 Å². The minimum absolute atomic E-state index is 1.01. The molecule has 0 aliphatic heterocycles. The molecule has 4 aromatic rings. The second-order valence-electron chi connectivity index (χ2n) is 5.81. The smallest absolute Gasteiger partial charge is 0.0925 e. The van der Waals surface area contributed by atoms with Gasteiger partial charge in [0.1, 0.15) is 0 Å². The highest BCUT2D eigenvalue weighted by Gasteiger charge is 2.08. The average molecular weight is 307 g/mol. The maximum Gasteiger partial charge on any atom is 0.0925 e. The van der Waals surface area contributed by atoms with Crippen LogP contribution in [0, 0.1) is 12.1 Å². The highest BCUT2D eigenvalue weighted by molar-refractivity contribution is 5.95. The quantitative estimate of drug-likeness (QED) is 0.457. The zero-order chi connectivity index (χ0) is 16.4. The van der Waals surface area contributed by atoms with Crippen LogP contribution >= 0.6 is 0 Å². The molecular formula is C23H17N. The first-order valence-corrected chi connectivity index (χ1v) is 8.04. The third-order valence-corrected chi connectivity index (χ3v) is 4.31. The van der Waals surface area contributed by atoms with E-state index in [9.17, 15) is 0 Å². The first kappa shape index (κ1) is 14.4. The van der Waals surface area contributed by atoms with Crippen LogP contribution in [-0.2, 0) is 0 Å². The van der Waals surface area contributed by atoms with Crippen molar-refractivity contribution in [2.75, 3.05) is 11.9 Å². The molecule has 1 nitrogen and oxygen atoms in total. The van der Waals surface area contributed by atoms with Crippen LogP contribution in [0.2, 0.25) is 0 Å². The molecule has 0 aromatic heterocycles. The summed E-state index contributed by atoms with van der Waals surface area (Å²) in [5.74, 6) is 0. The van der Waals surface area contributed by atoms with E-state index in [1.54, 1.807) is 0 Å². The van der Waals surface area contributed by atoms with E-state index in [2.05, 4.69) is 90.8 Å². The number of hydrogen-bond donors (Lipinski definition) is 0. The lowest BCUT2D eigenvalue weighted by molar-refractivity contribution is 1.22. The van der Waals surface area contributed by atoms with E-state index in [4.69, 9.17) is 0 Å². The lowest BCUT2D eigenvalue weighted by atomic mass is 10.1. The summed E-state index contributed by atoms with van der Waals surface area (Å²) < 4.78 is 0. The molecule has 4 rings (SSSR count). The molecule has 0 N–H and O–H groups in total. The van der Waals surface area contributed by atoms with Gasteiger partial charge in [-0.3, -0.25) is 0 Å². The largest absolute Gasteiger partial charge is 0.337 e. The van der Waals surface area contributed by atoms with Crippen LogP contribution in [0.1, 0.15) is 0 Å². The molecule has 0 bridgehead atoms. The van der Waals surface area contributed by atoms with Gasteiger partial charge >= 0.3 is 0 Å². The third kappa shape index (κ3) is 2.59. The van der Waals surface area contributed by atoms with Crippen molar-refractivity contribution in [3.63, 3.8) is 0 Å². The monoisotopic (exact) mass is 307 g/mol. The highest BCUT2D eigenvalue weighted by atomic mass is 15.1. The summed E-state index contributed by atoms with van der Waals surface area (Å²) >= 11 is 0. The average Bonchev–Trinajstić information content (AvgIpc) is 2.68. The van der Waals surface area contributed by atoms with Gasteiger partial charge in [0.2, 0.25) is 0 Å². The Labute approximate surface area is 142 Å². The van der Waals surface area contributed by atoms with Crippen LogP contribution in [-0.4, -0.2) is 7.05 Å². The molecule has 0 saturated carbocycles. The number of fused-ring (bicyclic) bond motifs is 1. The van der Waals surface area contributed by atoms with Gasteiger partial charge in [0.05, 0.1) is 5.69 Å². The molecule has 0 aliphatic carbocycles. The van der Waals surface area contributed by atoms with Gasteiger partial charge in [0, 0.05) is 23.7 Å². The van der Waals surface area contributed by atoms with Crippen molar-refractivity contribution < 1.29 is 0 Å². The maximum absolute atomic E-state index is 3.30. The molecule has 0 fully saturated rings. The molecule has 1 heteroatoms. The van der Waals surface area contributed by atoms with E-state index in [0.717, 1.165) is 16.8 Å². The van der Waals surface area contributed by atoms with Gasteiger partial charge in [-0.15, -0.1) is 0 Å². The lowest BCUT2D eigenvalue weighted by Gasteiger charge is -2.20. The summed E-state index contributed by atoms with van der Waals surface area (Å²) in [6.07, 6.45) is 0. The summed E-state index contributed by atoms with van der Waals surface area (Å²) in [5.41, 5.74) is 4.40. The van der Waals surface area contributed by atoms with Crippen molar-refractivity contribution in [2.45, 2.75) is 0 Å². The Morgan fingerprint density at radius 2 is 1.42 bits per heavy atom. The van der Waals surface area contributed by atoms with E-state index < -0.39 is 0 Å². The van der Waals surface area contributed by atoms with Gasteiger partial charge in [0.25, 0.3) is 0 Å². The molecule has 0 heterocycles. The molecular weight excluding hydrogens is 290 g/mol. The second kappa shape index (κ2) is 6.10. The van der Waals surface area contributed by atoms with Crippen LogP contribution < -0.4 is 4.90 Å².